The van der Waals surface area contributed by atoms with Crippen LogP contribution in [0.4, 0.5) is 4.79 Å². The molecule has 20 heavy (non-hydrogen) atoms. The first-order chi connectivity index (χ1) is 9.38. The number of aliphatic hydroxyl groups excluding tert-OH is 1. The lowest BCUT2D eigenvalue weighted by Crippen LogP contribution is -2.48. The summed E-state index contributed by atoms with van der Waals surface area (Å²) in [6, 6.07) is -0.206. The van der Waals surface area contributed by atoms with E-state index in [9.17, 15) is 14.7 Å². The van der Waals surface area contributed by atoms with Crippen LogP contribution in [0.25, 0.3) is 0 Å². The van der Waals surface area contributed by atoms with Crippen molar-refractivity contribution in [1.82, 2.24) is 10.2 Å². The first-order valence-corrected chi connectivity index (χ1v) is 7.31. The highest BCUT2D eigenvalue weighted by Crippen LogP contribution is 2.15. The van der Waals surface area contributed by atoms with Crippen LogP contribution in [0, 0.1) is 11.8 Å². The number of carbonyl (C=O) groups excluding carboxylic acids is 1. The minimum Gasteiger partial charge on any atom is -0.481 e. The Morgan fingerprint density at radius 2 is 2.10 bits per heavy atom. The van der Waals surface area contributed by atoms with Crippen molar-refractivity contribution in [3.8, 4) is 0 Å². The van der Waals surface area contributed by atoms with E-state index >= 15 is 0 Å². The first-order valence-electron chi connectivity index (χ1n) is 7.31. The largest absolute Gasteiger partial charge is 0.481 e. The van der Waals surface area contributed by atoms with Gasteiger partial charge in [-0.2, -0.15) is 0 Å². The van der Waals surface area contributed by atoms with Gasteiger partial charge in [0.2, 0.25) is 0 Å². The van der Waals surface area contributed by atoms with Crippen LogP contribution in [0.3, 0.4) is 0 Å². The number of carbonyl (C=O) groups is 2. The van der Waals surface area contributed by atoms with Gasteiger partial charge in [-0.25, -0.2) is 4.79 Å². The summed E-state index contributed by atoms with van der Waals surface area (Å²) in [6.45, 7) is 5.46. The number of likely N-dealkylation sites (tertiary alicyclic amines) is 1. The molecule has 2 amide bonds. The fourth-order valence-corrected chi connectivity index (χ4v) is 2.64. The molecule has 1 rings (SSSR count). The van der Waals surface area contributed by atoms with Crippen LogP contribution in [0.2, 0.25) is 0 Å². The zero-order chi connectivity index (χ0) is 15.1. The number of aliphatic carboxylic acids is 1. The quantitative estimate of drug-likeness (QED) is 0.686. The predicted octanol–water partition coefficient (Wildman–Crippen LogP) is 1.29. The molecule has 1 unspecified atom stereocenters. The van der Waals surface area contributed by atoms with E-state index in [1.165, 1.54) is 0 Å². The van der Waals surface area contributed by atoms with Gasteiger partial charge in [-0.15, -0.1) is 0 Å². The highest BCUT2D eigenvalue weighted by Gasteiger charge is 2.23. The average molecular weight is 286 g/mol. The molecule has 6 heteroatoms. The molecule has 116 valence electrons. The highest BCUT2D eigenvalue weighted by atomic mass is 16.4. The zero-order valence-electron chi connectivity index (χ0n) is 12.3. The molecule has 2 atom stereocenters. The molecule has 0 saturated carbocycles. The second-order valence-corrected chi connectivity index (χ2v) is 6.02. The van der Waals surface area contributed by atoms with E-state index in [2.05, 4.69) is 5.32 Å². The molecule has 1 aliphatic rings. The summed E-state index contributed by atoms with van der Waals surface area (Å²) < 4.78 is 0. The first kappa shape index (κ1) is 16.8. The topological polar surface area (TPSA) is 89.9 Å². The van der Waals surface area contributed by atoms with E-state index < -0.39 is 12.1 Å². The molecule has 0 aliphatic carbocycles. The number of amides is 2. The Bertz CT molecular complexity index is 333. The Morgan fingerprint density at radius 3 is 2.65 bits per heavy atom. The smallest absolute Gasteiger partial charge is 0.317 e. The fourth-order valence-electron chi connectivity index (χ4n) is 2.64. The molecule has 6 nitrogen and oxygen atoms in total. The van der Waals surface area contributed by atoms with Gasteiger partial charge >= 0.3 is 12.0 Å². The van der Waals surface area contributed by atoms with E-state index in [4.69, 9.17) is 5.11 Å². The minimum atomic E-state index is -0.835. The van der Waals surface area contributed by atoms with E-state index in [0.29, 0.717) is 25.6 Å². The predicted molar refractivity (Wildman–Crippen MR) is 75.4 cm³/mol. The highest BCUT2D eigenvalue weighted by molar-refractivity contribution is 5.74. The Labute approximate surface area is 120 Å². The van der Waals surface area contributed by atoms with Crippen LogP contribution < -0.4 is 5.32 Å². The third-order valence-corrected chi connectivity index (χ3v) is 3.49. The Kier molecular flexibility index (Phi) is 6.78. The van der Waals surface area contributed by atoms with Gasteiger partial charge < -0.3 is 20.4 Å². The van der Waals surface area contributed by atoms with Crippen molar-refractivity contribution in [3.05, 3.63) is 0 Å². The van der Waals surface area contributed by atoms with Crippen LogP contribution in [-0.4, -0.2) is 52.9 Å². The molecule has 1 saturated heterocycles. The van der Waals surface area contributed by atoms with Crippen molar-refractivity contribution in [3.63, 3.8) is 0 Å². The minimum absolute atomic E-state index is 0.0498. The van der Waals surface area contributed by atoms with Crippen LogP contribution >= 0.6 is 0 Å². The summed E-state index contributed by atoms with van der Waals surface area (Å²) in [4.78, 5) is 24.4. The van der Waals surface area contributed by atoms with Gasteiger partial charge in [-0.3, -0.25) is 4.79 Å². The van der Waals surface area contributed by atoms with Gasteiger partial charge in [0, 0.05) is 26.1 Å². The molecule has 3 N–H and O–H groups in total. The maximum absolute atomic E-state index is 12.0. The maximum Gasteiger partial charge on any atom is 0.317 e. The lowest BCUT2D eigenvalue weighted by molar-refractivity contribution is -0.138. The number of carboxylic acids is 1. The second-order valence-electron chi connectivity index (χ2n) is 6.02. The van der Waals surface area contributed by atoms with Crippen LogP contribution in [0.5, 0.6) is 0 Å². The average Bonchev–Trinajstić information content (AvgIpc) is 2.34. The van der Waals surface area contributed by atoms with Crippen molar-refractivity contribution < 1.29 is 19.8 Å². The molecule has 1 fully saturated rings. The van der Waals surface area contributed by atoms with E-state index in [0.717, 1.165) is 19.3 Å². The molecule has 0 aromatic carbocycles. The summed E-state index contributed by atoms with van der Waals surface area (Å²) in [5, 5.41) is 21.2. The summed E-state index contributed by atoms with van der Waals surface area (Å²) in [5.74, 6) is -0.488. The molecule has 0 aromatic heterocycles. The fraction of sp³-hybridized carbons (Fsp3) is 0.857. The number of β-amino-alcohol motifs (C(OH)–C–C–N with tert-alkyl or cyclic N) is 1. The Balaban J connectivity index is 2.40. The summed E-state index contributed by atoms with van der Waals surface area (Å²) in [7, 11) is 0. The molecule has 1 heterocycles. The number of carboxylic acid groups (broad SMARTS) is 1. The number of hydrogen-bond acceptors (Lipinski definition) is 3. The van der Waals surface area contributed by atoms with Crippen LogP contribution in [0.1, 0.15) is 39.5 Å². The molecule has 0 spiro atoms. The van der Waals surface area contributed by atoms with Gasteiger partial charge in [0.1, 0.15) is 0 Å². The standard InChI is InChI=1S/C14H26N2O4/c1-10(2)6-11(7-13(18)19)8-15-14(20)16-5-3-4-12(17)9-16/h10-12,17H,3-9H2,1-2H3,(H,15,20)(H,18,19)/t11-,12?/m0/s1. The van der Waals surface area contributed by atoms with E-state index in [-0.39, 0.29) is 18.4 Å². The zero-order valence-corrected chi connectivity index (χ0v) is 12.3. The van der Waals surface area contributed by atoms with Crippen molar-refractivity contribution >= 4 is 12.0 Å². The van der Waals surface area contributed by atoms with Gasteiger partial charge in [0.05, 0.1) is 6.10 Å². The molecular weight excluding hydrogens is 260 g/mol. The third kappa shape index (κ3) is 6.23. The lowest BCUT2D eigenvalue weighted by atomic mass is 9.94. The maximum atomic E-state index is 12.0. The third-order valence-electron chi connectivity index (χ3n) is 3.49. The molecule has 1 aliphatic heterocycles. The van der Waals surface area contributed by atoms with Crippen LogP contribution in [0.15, 0.2) is 0 Å². The Hall–Kier alpha value is -1.30. The number of hydrogen-bond donors (Lipinski definition) is 3. The number of rotatable bonds is 6. The van der Waals surface area contributed by atoms with Gasteiger partial charge in [0.15, 0.2) is 0 Å². The van der Waals surface area contributed by atoms with Crippen LogP contribution in [-0.2, 0) is 4.79 Å². The van der Waals surface area contributed by atoms with Crippen molar-refractivity contribution in [2.24, 2.45) is 11.8 Å². The molecular formula is C14H26N2O4. The van der Waals surface area contributed by atoms with E-state index in [1.54, 1.807) is 4.90 Å². The lowest BCUT2D eigenvalue weighted by Gasteiger charge is -2.30. The van der Waals surface area contributed by atoms with Crippen molar-refractivity contribution in [2.75, 3.05) is 19.6 Å². The van der Waals surface area contributed by atoms with Gasteiger partial charge in [0.25, 0.3) is 0 Å². The summed E-state index contributed by atoms with van der Waals surface area (Å²) in [5.41, 5.74) is 0. The molecule has 0 radical (unpaired) electrons. The SMILES string of the molecule is CC(C)C[C@H](CNC(=O)N1CCCC(O)C1)CC(=O)O. The van der Waals surface area contributed by atoms with Crippen molar-refractivity contribution in [2.45, 2.75) is 45.6 Å². The number of nitrogens with one attached hydrogen (secondary N) is 1. The monoisotopic (exact) mass is 286 g/mol. The summed E-state index contributed by atoms with van der Waals surface area (Å²) >= 11 is 0. The number of nitrogens with zero attached hydrogens (tertiary/aromatic N) is 1. The van der Waals surface area contributed by atoms with E-state index in [1.807, 2.05) is 13.8 Å². The normalized spacial score (nSPS) is 20.8. The number of urea groups is 1. The molecule has 0 bridgehead atoms. The Morgan fingerprint density at radius 1 is 1.40 bits per heavy atom. The van der Waals surface area contributed by atoms with Gasteiger partial charge in [-0.1, -0.05) is 13.8 Å². The second kappa shape index (κ2) is 8.09. The van der Waals surface area contributed by atoms with Crippen molar-refractivity contribution in [1.29, 1.82) is 0 Å². The number of aliphatic hydroxyl groups is 1. The molecule has 0 aromatic rings. The number of piperidine rings is 1. The van der Waals surface area contributed by atoms with Gasteiger partial charge in [-0.05, 0) is 31.1 Å². The summed E-state index contributed by atoms with van der Waals surface area (Å²) in [6.07, 6.45) is 1.94.